The minimum absolute atomic E-state index is 0.0191. The highest BCUT2D eigenvalue weighted by Crippen LogP contribution is 2.27. The molecule has 0 radical (unpaired) electrons. The van der Waals surface area contributed by atoms with Gasteiger partial charge in [0.05, 0.1) is 25.3 Å². The van der Waals surface area contributed by atoms with Gasteiger partial charge in [-0.2, -0.15) is 0 Å². The number of carbonyl (C=O) groups is 3. The van der Waals surface area contributed by atoms with Gasteiger partial charge >= 0.3 is 5.97 Å². The topological polar surface area (TPSA) is 111 Å². The lowest BCUT2D eigenvalue weighted by molar-refractivity contribution is -0.118. The Morgan fingerprint density at radius 2 is 1.90 bits per heavy atom. The van der Waals surface area contributed by atoms with Gasteiger partial charge in [0.15, 0.2) is 0 Å². The summed E-state index contributed by atoms with van der Waals surface area (Å²) in [6, 6.07) is 8.90. The van der Waals surface area contributed by atoms with Crippen molar-refractivity contribution in [3.63, 3.8) is 0 Å². The lowest BCUT2D eigenvalue weighted by Gasteiger charge is -2.23. The average Bonchev–Trinajstić information content (AvgIpc) is 3.05. The van der Waals surface area contributed by atoms with Crippen LogP contribution in [0.3, 0.4) is 0 Å². The number of aryl methyl sites for hydroxylation is 1. The van der Waals surface area contributed by atoms with Crippen molar-refractivity contribution < 1.29 is 23.9 Å². The molecule has 0 aliphatic carbocycles. The van der Waals surface area contributed by atoms with Crippen LogP contribution in [0.15, 0.2) is 30.3 Å². The number of rotatable bonds is 10. The number of carbonyl (C=O) groups excluding carboxylic acids is 3. The van der Waals surface area contributed by atoms with E-state index in [1.165, 1.54) is 11.3 Å². The first-order valence-electron chi connectivity index (χ1n) is 9.08. The van der Waals surface area contributed by atoms with Crippen molar-refractivity contribution in [2.75, 3.05) is 37.0 Å². The molecule has 3 N–H and O–H groups in total. The molecule has 0 aliphatic rings. The van der Waals surface area contributed by atoms with Crippen LogP contribution in [0.4, 0.5) is 10.7 Å². The van der Waals surface area contributed by atoms with Crippen LogP contribution in [-0.4, -0.2) is 44.6 Å². The Morgan fingerprint density at radius 1 is 1.21 bits per heavy atom. The number of ether oxygens (including phenoxy) is 2. The molecule has 0 unspecified atom stereocenters. The molecule has 0 fully saturated rings. The van der Waals surface area contributed by atoms with Gasteiger partial charge in [0, 0.05) is 18.7 Å². The molecule has 0 saturated carbocycles. The number of nitrogens with two attached hydrogens (primary N) is 1. The molecule has 1 aromatic heterocycles. The second kappa shape index (κ2) is 10.5. The van der Waals surface area contributed by atoms with Crippen LogP contribution in [0.25, 0.3) is 0 Å². The van der Waals surface area contributed by atoms with E-state index < -0.39 is 11.9 Å². The van der Waals surface area contributed by atoms with E-state index in [0.717, 1.165) is 11.3 Å². The van der Waals surface area contributed by atoms with Crippen molar-refractivity contribution in [2.45, 2.75) is 20.3 Å². The number of anilines is 2. The molecule has 1 heterocycles. The van der Waals surface area contributed by atoms with Gasteiger partial charge in [0.25, 0.3) is 0 Å². The Morgan fingerprint density at radius 3 is 2.48 bits per heavy atom. The molecule has 9 heteroatoms. The summed E-state index contributed by atoms with van der Waals surface area (Å²) in [5, 5.41) is 3.36. The SMILES string of the molecule is CCOC(=O)c1sc(NC(=O)CN(CCC(N)=O)c2ccc(OC)cc2)cc1C. The largest absolute Gasteiger partial charge is 0.497 e. The third kappa shape index (κ3) is 6.49. The fourth-order valence-electron chi connectivity index (χ4n) is 2.63. The first kappa shape index (κ1) is 22.2. The first-order valence-corrected chi connectivity index (χ1v) is 9.90. The molecular formula is C20H25N3O5S. The summed E-state index contributed by atoms with van der Waals surface area (Å²) in [5.74, 6) is -0.441. The number of nitrogens with one attached hydrogen (secondary N) is 1. The molecule has 0 aliphatic heterocycles. The van der Waals surface area contributed by atoms with Crippen LogP contribution in [0.5, 0.6) is 5.75 Å². The van der Waals surface area contributed by atoms with Gasteiger partial charge in [0.1, 0.15) is 10.6 Å². The molecule has 0 spiro atoms. The summed E-state index contributed by atoms with van der Waals surface area (Å²) in [6.45, 7) is 4.13. The highest BCUT2D eigenvalue weighted by molar-refractivity contribution is 7.18. The highest BCUT2D eigenvalue weighted by Gasteiger charge is 2.18. The standard InChI is InChI=1S/C20H25N3O5S/c1-4-28-20(26)19-13(2)11-18(29-19)22-17(25)12-23(10-9-16(21)24)14-5-7-15(27-3)8-6-14/h5-8,11H,4,9-10,12H2,1-3H3,(H2,21,24)(H,22,25). The van der Waals surface area contributed by atoms with Crippen LogP contribution < -0.4 is 20.7 Å². The Balaban J connectivity index is 2.09. The average molecular weight is 420 g/mol. The van der Waals surface area contributed by atoms with Gasteiger partial charge in [-0.15, -0.1) is 11.3 Å². The van der Waals surface area contributed by atoms with E-state index in [4.69, 9.17) is 15.2 Å². The van der Waals surface area contributed by atoms with Crippen molar-refractivity contribution in [1.82, 2.24) is 0 Å². The van der Waals surface area contributed by atoms with E-state index in [1.54, 1.807) is 56.2 Å². The summed E-state index contributed by atoms with van der Waals surface area (Å²) in [4.78, 5) is 37.9. The highest BCUT2D eigenvalue weighted by atomic mass is 32.1. The number of methoxy groups -OCH3 is 1. The number of hydrogen-bond donors (Lipinski definition) is 2. The number of thiophene rings is 1. The molecular weight excluding hydrogens is 394 g/mol. The number of benzene rings is 1. The summed E-state index contributed by atoms with van der Waals surface area (Å²) in [7, 11) is 1.57. The molecule has 8 nitrogen and oxygen atoms in total. The van der Waals surface area contributed by atoms with E-state index in [2.05, 4.69) is 5.32 Å². The van der Waals surface area contributed by atoms with Crippen LogP contribution >= 0.6 is 11.3 Å². The molecule has 0 atom stereocenters. The van der Waals surface area contributed by atoms with Crippen LogP contribution in [0, 0.1) is 6.92 Å². The minimum atomic E-state index is -0.447. The van der Waals surface area contributed by atoms with Crippen LogP contribution in [0.2, 0.25) is 0 Å². The van der Waals surface area contributed by atoms with Crippen molar-refractivity contribution in [2.24, 2.45) is 5.73 Å². The smallest absolute Gasteiger partial charge is 0.348 e. The molecule has 29 heavy (non-hydrogen) atoms. The van der Waals surface area contributed by atoms with E-state index in [-0.39, 0.29) is 25.5 Å². The molecule has 1 aromatic carbocycles. The van der Waals surface area contributed by atoms with Crippen LogP contribution in [-0.2, 0) is 14.3 Å². The van der Waals surface area contributed by atoms with E-state index in [0.29, 0.717) is 22.2 Å². The second-order valence-electron chi connectivity index (χ2n) is 6.23. The maximum atomic E-state index is 12.6. The lowest BCUT2D eigenvalue weighted by atomic mass is 10.2. The Kier molecular flexibility index (Phi) is 8.02. The fraction of sp³-hybridized carbons (Fsp3) is 0.350. The maximum absolute atomic E-state index is 12.6. The van der Waals surface area contributed by atoms with Crippen molar-refractivity contribution >= 4 is 39.8 Å². The third-order valence-corrected chi connectivity index (χ3v) is 5.17. The number of nitrogens with zero attached hydrogens (tertiary/aromatic N) is 1. The second-order valence-corrected chi connectivity index (χ2v) is 7.28. The first-order chi connectivity index (χ1) is 13.8. The molecule has 0 saturated heterocycles. The molecule has 2 rings (SSSR count). The molecule has 156 valence electrons. The van der Waals surface area contributed by atoms with E-state index >= 15 is 0 Å². The Labute approximate surface area is 173 Å². The molecule has 0 bridgehead atoms. The van der Waals surface area contributed by atoms with E-state index in [9.17, 15) is 14.4 Å². The maximum Gasteiger partial charge on any atom is 0.348 e. The predicted molar refractivity (Wildman–Crippen MR) is 113 cm³/mol. The Hall–Kier alpha value is -3.07. The van der Waals surface area contributed by atoms with E-state index in [1.807, 2.05) is 0 Å². The van der Waals surface area contributed by atoms with Gasteiger partial charge in [-0.1, -0.05) is 0 Å². The normalized spacial score (nSPS) is 10.3. The number of amides is 2. The Bertz CT molecular complexity index is 864. The van der Waals surface area contributed by atoms with Crippen molar-refractivity contribution in [3.05, 3.63) is 40.8 Å². The van der Waals surface area contributed by atoms with Gasteiger partial charge in [-0.25, -0.2) is 4.79 Å². The number of hydrogen-bond acceptors (Lipinski definition) is 7. The quantitative estimate of drug-likeness (QED) is 0.573. The van der Waals surface area contributed by atoms with Crippen molar-refractivity contribution in [3.8, 4) is 5.75 Å². The van der Waals surface area contributed by atoms with Crippen molar-refractivity contribution in [1.29, 1.82) is 0 Å². The summed E-state index contributed by atoms with van der Waals surface area (Å²) in [5.41, 5.74) is 6.76. The summed E-state index contributed by atoms with van der Waals surface area (Å²) in [6.07, 6.45) is 0.116. The zero-order chi connectivity index (χ0) is 21.4. The van der Waals surface area contributed by atoms with Gasteiger partial charge in [0.2, 0.25) is 11.8 Å². The van der Waals surface area contributed by atoms with Gasteiger partial charge in [-0.05, 0) is 49.7 Å². The number of primary amides is 1. The molecule has 2 aromatic rings. The zero-order valence-corrected chi connectivity index (χ0v) is 17.5. The fourth-order valence-corrected chi connectivity index (χ4v) is 3.61. The minimum Gasteiger partial charge on any atom is -0.497 e. The zero-order valence-electron chi connectivity index (χ0n) is 16.7. The monoisotopic (exact) mass is 419 g/mol. The van der Waals surface area contributed by atoms with Gasteiger partial charge in [-0.3, -0.25) is 9.59 Å². The predicted octanol–water partition coefficient (Wildman–Crippen LogP) is 2.56. The van der Waals surface area contributed by atoms with Crippen LogP contribution in [0.1, 0.15) is 28.6 Å². The summed E-state index contributed by atoms with van der Waals surface area (Å²) >= 11 is 1.17. The molecule has 2 amide bonds. The number of esters is 1. The third-order valence-electron chi connectivity index (χ3n) is 4.04. The van der Waals surface area contributed by atoms with Gasteiger partial charge < -0.3 is 25.4 Å². The lowest BCUT2D eigenvalue weighted by Crippen LogP contribution is -2.35. The summed E-state index contributed by atoms with van der Waals surface area (Å²) < 4.78 is 10.2.